The molecule has 0 saturated heterocycles. The molecule has 0 spiro atoms. The van der Waals surface area contributed by atoms with Gasteiger partial charge >= 0.3 is 0 Å². The Kier molecular flexibility index (Phi) is 4.22. The van der Waals surface area contributed by atoms with Crippen molar-refractivity contribution in [2.24, 2.45) is 0 Å². The highest BCUT2D eigenvalue weighted by atomic mass is 16.3. The Morgan fingerprint density at radius 1 is 1.05 bits per heavy atom. The van der Waals surface area contributed by atoms with Gasteiger partial charge in [-0.05, 0) is 43.4 Å². The Hall–Kier alpha value is -1.54. The third kappa shape index (κ3) is 2.96. The lowest BCUT2D eigenvalue weighted by atomic mass is 9.79. The number of rotatable bonds is 4. The third-order valence-corrected chi connectivity index (χ3v) is 4.43. The van der Waals surface area contributed by atoms with Crippen molar-refractivity contribution >= 4 is 0 Å². The highest BCUT2D eigenvalue weighted by Crippen LogP contribution is 2.34. The second-order valence-electron chi connectivity index (χ2n) is 5.81. The van der Waals surface area contributed by atoms with Crippen LogP contribution in [0.1, 0.15) is 55.9 Å². The van der Waals surface area contributed by atoms with Gasteiger partial charge in [0.25, 0.3) is 0 Å². The summed E-state index contributed by atoms with van der Waals surface area (Å²) in [4.78, 5) is 0. The molecule has 2 heteroatoms. The minimum atomic E-state index is 0.277. The molecule has 106 valence electrons. The average Bonchev–Trinajstić information content (AvgIpc) is 3.03. The number of nitrogens with one attached hydrogen (secondary N) is 1. The van der Waals surface area contributed by atoms with Crippen molar-refractivity contribution in [3.63, 3.8) is 0 Å². The molecule has 1 aliphatic rings. The van der Waals surface area contributed by atoms with Crippen LogP contribution < -0.4 is 5.32 Å². The highest BCUT2D eigenvalue weighted by molar-refractivity contribution is 5.22. The summed E-state index contributed by atoms with van der Waals surface area (Å²) in [6.07, 6.45) is 6.96. The predicted octanol–water partition coefficient (Wildman–Crippen LogP) is 4.66. The topological polar surface area (TPSA) is 25.2 Å². The van der Waals surface area contributed by atoms with Crippen molar-refractivity contribution in [3.8, 4) is 0 Å². The quantitative estimate of drug-likeness (QED) is 0.873. The van der Waals surface area contributed by atoms with E-state index in [1.54, 1.807) is 6.26 Å². The Balaban J connectivity index is 1.73. The maximum Gasteiger partial charge on any atom is 0.120 e. The second kappa shape index (κ2) is 6.27. The fraction of sp³-hybridized carbons (Fsp3) is 0.444. The molecule has 2 aromatic rings. The number of hydrogen-bond acceptors (Lipinski definition) is 2. The molecule has 1 aromatic heterocycles. The normalized spacial score (nSPS) is 24.4. The van der Waals surface area contributed by atoms with Gasteiger partial charge in [0.15, 0.2) is 0 Å². The smallest absolute Gasteiger partial charge is 0.120 e. The fourth-order valence-electron chi connectivity index (χ4n) is 3.37. The summed E-state index contributed by atoms with van der Waals surface area (Å²) in [6, 6.07) is 15.8. The van der Waals surface area contributed by atoms with Gasteiger partial charge in [-0.25, -0.2) is 0 Å². The molecule has 0 radical (unpaired) electrons. The summed E-state index contributed by atoms with van der Waals surface area (Å²) in [7, 11) is 0. The molecule has 1 N–H and O–H groups in total. The summed E-state index contributed by atoms with van der Waals surface area (Å²) < 4.78 is 5.52. The maximum atomic E-state index is 5.52. The monoisotopic (exact) mass is 269 g/mol. The Labute approximate surface area is 121 Å². The zero-order valence-corrected chi connectivity index (χ0v) is 12.1. The van der Waals surface area contributed by atoms with Gasteiger partial charge in [0.05, 0.1) is 12.3 Å². The average molecular weight is 269 g/mol. The van der Waals surface area contributed by atoms with Gasteiger partial charge in [-0.3, -0.25) is 0 Å². The van der Waals surface area contributed by atoms with E-state index in [0.29, 0.717) is 12.0 Å². The van der Waals surface area contributed by atoms with Gasteiger partial charge < -0.3 is 9.73 Å². The molecule has 3 atom stereocenters. The molecular weight excluding hydrogens is 246 g/mol. The molecule has 1 fully saturated rings. The summed E-state index contributed by atoms with van der Waals surface area (Å²) in [5.74, 6) is 1.66. The van der Waals surface area contributed by atoms with Crippen LogP contribution in [0.2, 0.25) is 0 Å². The highest BCUT2D eigenvalue weighted by Gasteiger charge is 2.27. The molecule has 1 aliphatic carbocycles. The van der Waals surface area contributed by atoms with E-state index in [9.17, 15) is 0 Å². The van der Waals surface area contributed by atoms with Gasteiger partial charge in [0.2, 0.25) is 0 Å². The number of hydrogen-bond donors (Lipinski definition) is 1. The van der Waals surface area contributed by atoms with E-state index < -0.39 is 0 Å². The molecule has 20 heavy (non-hydrogen) atoms. The fourth-order valence-corrected chi connectivity index (χ4v) is 3.37. The first-order valence-electron chi connectivity index (χ1n) is 7.69. The molecule has 2 nitrogen and oxygen atoms in total. The Morgan fingerprint density at radius 2 is 1.85 bits per heavy atom. The molecular formula is C18H23NO. The van der Waals surface area contributed by atoms with Gasteiger partial charge in [-0.2, -0.15) is 0 Å². The van der Waals surface area contributed by atoms with E-state index in [2.05, 4.69) is 48.6 Å². The number of benzene rings is 1. The maximum absolute atomic E-state index is 5.52. The van der Waals surface area contributed by atoms with E-state index >= 15 is 0 Å². The van der Waals surface area contributed by atoms with Crippen LogP contribution in [0.3, 0.4) is 0 Å². The van der Waals surface area contributed by atoms with E-state index in [-0.39, 0.29) is 6.04 Å². The van der Waals surface area contributed by atoms with Crippen LogP contribution in [0.15, 0.2) is 53.1 Å². The van der Waals surface area contributed by atoms with Crippen LogP contribution in [0, 0.1) is 0 Å². The van der Waals surface area contributed by atoms with Crippen molar-refractivity contribution < 1.29 is 4.42 Å². The van der Waals surface area contributed by atoms with Crippen molar-refractivity contribution in [2.75, 3.05) is 0 Å². The molecule has 0 bridgehead atoms. The van der Waals surface area contributed by atoms with Gasteiger partial charge in [-0.15, -0.1) is 0 Å². The molecule has 3 rings (SSSR count). The summed E-state index contributed by atoms with van der Waals surface area (Å²) in [6.45, 7) is 2.19. The molecule has 1 heterocycles. The lowest BCUT2D eigenvalue weighted by Crippen LogP contribution is -2.38. The van der Waals surface area contributed by atoms with Crippen LogP contribution in [0.4, 0.5) is 0 Å². The first kappa shape index (κ1) is 13.4. The van der Waals surface area contributed by atoms with Crippen molar-refractivity contribution in [2.45, 2.75) is 50.6 Å². The van der Waals surface area contributed by atoms with Gasteiger partial charge in [-0.1, -0.05) is 43.2 Å². The first-order valence-corrected chi connectivity index (χ1v) is 7.69. The Bertz CT molecular complexity index is 505. The molecule has 1 aromatic carbocycles. The Morgan fingerprint density at radius 3 is 2.60 bits per heavy atom. The molecule has 1 saturated carbocycles. The van der Waals surface area contributed by atoms with Crippen molar-refractivity contribution in [3.05, 3.63) is 60.1 Å². The number of furan rings is 1. The summed E-state index contributed by atoms with van der Waals surface area (Å²) in [5.41, 5.74) is 1.47. The van der Waals surface area contributed by atoms with Gasteiger partial charge in [0.1, 0.15) is 5.76 Å². The van der Waals surface area contributed by atoms with E-state index in [1.807, 2.05) is 6.07 Å². The van der Waals surface area contributed by atoms with E-state index in [1.165, 1.54) is 31.2 Å². The minimum absolute atomic E-state index is 0.277. The van der Waals surface area contributed by atoms with Crippen LogP contribution in [-0.2, 0) is 0 Å². The third-order valence-electron chi connectivity index (χ3n) is 4.43. The van der Waals surface area contributed by atoms with Crippen LogP contribution >= 0.6 is 0 Å². The molecule has 0 amide bonds. The first-order chi connectivity index (χ1) is 9.84. The predicted molar refractivity (Wildman–Crippen MR) is 81.7 cm³/mol. The lowest BCUT2D eigenvalue weighted by Gasteiger charge is -2.34. The van der Waals surface area contributed by atoms with E-state index in [4.69, 9.17) is 4.42 Å². The lowest BCUT2D eigenvalue weighted by molar-refractivity contribution is 0.290. The summed E-state index contributed by atoms with van der Waals surface area (Å²) >= 11 is 0. The van der Waals surface area contributed by atoms with E-state index in [0.717, 1.165) is 5.76 Å². The molecule has 0 aliphatic heterocycles. The van der Waals surface area contributed by atoms with Crippen LogP contribution in [-0.4, -0.2) is 6.04 Å². The largest absolute Gasteiger partial charge is 0.468 e. The van der Waals surface area contributed by atoms with Crippen molar-refractivity contribution in [1.82, 2.24) is 5.32 Å². The minimum Gasteiger partial charge on any atom is -0.468 e. The van der Waals surface area contributed by atoms with Gasteiger partial charge in [0, 0.05) is 6.04 Å². The zero-order valence-electron chi connectivity index (χ0n) is 12.1. The van der Waals surface area contributed by atoms with Crippen LogP contribution in [0.5, 0.6) is 0 Å². The zero-order chi connectivity index (χ0) is 13.8. The summed E-state index contributed by atoms with van der Waals surface area (Å²) in [5, 5.41) is 3.78. The standard InChI is InChI=1S/C18H23NO/c1-14(18-12-7-13-20-18)19-17-11-6-5-10-16(17)15-8-3-2-4-9-15/h2-4,7-9,12-14,16-17,19H,5-6,10-11H2,1H3. The molecule has 3 unspecified atom stereocenters. The van der Waals surface area contributed by atoms with Crippen molar-refractivity contribution in [1.29, 1.82) is 0 Å². The SMILES string of the molecule is CC(NC1CCCCC1c1ccccc1)c1ccco1. The van der Waals surface area contributed by atoms with Crippen LogP contribution in [0.25, 0.3) is 0 Å². The second-order valence-corrected chi connectivity index (χ2v) is 5.81.